The smallest absolute Gasteiger partial charge is 0.245 e. The van der Waals surface area contributed by atoms with E-state index >= 15 is 0 Å². The summed E-state index contributed by atoms with van der Waals surface area (Å²) in [5, 5.41) is 8.73. The number of rotatable bonds is 5. The molecule has 2 N–H and O–H groups in total. The maximum absolute atomic E-state index is 11.4. The quantitative estimate of drug-likeness (QED) is 0.557. The average Bonchev–Trinajstić information content (AvgIpc) is 3.05. The predicted molar refractivity (Wildman–Crippen MR) is 89.9 cm³/mol. The van der Waals surface area contributed by atoms with Crippen molar-refractivity contribution in [1.82, 2.24) is 10.0 Å². The Labute approximate surface area is 135 Å². The Morgan fingerprint density at radius 1 is 0.826 bits per heavy atom. The van der Waals surface area contributed by atoms with Crippen LogP contribution in [0.15, 0.2) is 72.8 Å². The molecule has 0 saturated carbocycles. The number of carbonyl (C=O) groups is 1. The van der Waals surface area contributed by atoms with E-state index in [1.807, 2.05) is 60.7 Å². The van der Waals surface area contributed by atoms with Gasteiger partial charge in [0.25, 0.3) is 0 Å². The number of nitrogens with zero attached hydrogens (tertiary/aromatic N) is 1. The molecule has 3 aromatic rings. The van der Waals surface area contributed by atoms with Crippen molar-refractivity contribution in [1.29, 1.82) is 0 Å². The molecule has 1 heterocycles. The number of nitrogens with one attached hydrogen (secondary N) is 1. The van der Waals surface area contributed by atoms with Gasteiger partial charge in [0.15, 0.2) is 0 Å². The summed E-state index contributed by atoms with van der Waals surface area (Å²) in [4.78, 5) is 11.4. The van der Waals surface area contributed by atoms with E-state index in [0.29, 0.717) is 6.54 Å². The molecular weight excluding hydrogens is 288 g/mol. The highest BCUT2D eigenvalue weighted by molar-refractivity contribution is 5.75. The van der Waals surface area contributed by atoms with Gasteiger partial charge in [0.2, 0.25) is 5.91 Å². The number of hydrogen-bond acceptors (Lipinski definition) is 2. The number of amides is 1. The lowest BCUT2D eigenvalue weighted by Crippen LogP contribution is -2.20. The summed E-state index contributed by atoms with van der Waals surface area (Å²) in [5.74, 6) is -0.392. The Kier molecular flexibility index (Phi) is 4.54. The van der Waals surface area contributed by atoms with Gasteiger partial charge in [-0.05, 0) is 23.3 Å². The molecule has 0 saturated heterocycles. The molecule has 0 atom stereocenters. The van der Waals surface area contributed by atoms with E-state index in [2.05, 4.69) is 16.7 Å². The van der Waals surface area contributed by atoms with Crippen molar-refractivity contribution in [3.63, 3.8) is 0 Å². The molecule has 0 aliphatic carbocycles. The van der Waals surface area contributed by atoms with E-state index in [0.717, 1.165) is 22.5 Å². The minimum Gasteiger partial charge on any atom is -0.340 e. The molecule has 2 aromatic carbocycles. The first-order valence-corrected chi connectivity index (χ1v) is 7.53. The van der Waals surface area contributed by atoms with Gasteiger partial charge >= 0.3 is 0 Å². The number of hydrogen-bond donors (Lipinski definition) is 2. The summed E-state index contributed by atoms with van der Waals surface area (Å²) >= 11 is 0. The van der Waals surface area contributed by atoms with Crippen LogP contribution in [0.3, 0.4) is 0 Å². The van der Waals surface area contributed by atoms with Crippen LogP contribution >= 0.6 is 0 Å². The van der Waals surface area contributed by atoms with Gasteiger partial charge in [-0.15, -0.1) is 0 Å². The predicted octanol–water partition coefficient (Wildman–Crippen LogP) is 3.72. The van der Waals surface area contributed by atoms with E-state index in [4.69, 9.17) is 5.21 Å². The molecule has 4 nitrogen and oxygen atoms in total. The Bertz CT molecular complexity index is 723. The van der Waals surface area contributed by atoms with Gasteiger partial charge in [0.05, 0.1) is 0 Å². The molecule has 0 spiro atoms. The number of carbonyl (C=O) groups excluding carboxylic acids is 1. The van der Waals surface area contributed by atoms with Crippen LogP contribution in [0, 0.1) is 0 Å². The van der Waals surface area contributed by atoms with Gasteiger partial charge in [-0.2, -0.15) is 0 Å². The standard InChI is InChI=1S/C19H18N2O2/c22-19(20-23)13-14-21-17(15-7-3-1-4-8-15)11-12-18(21)16-9-5-2-6-10-16/h1-12,23H,13-14H2,(H,20,22). The van der Waals surface area contributed by atoms with E-state index in [1.54, 1.807) is 5.48 Å². The third-order valence-electron chi connectivity index (χ3n) is 3.81. The van der Waals surface area contributed by atoms with Gasteiger partial charge in [0, 0.05) is 24.4 Å². The molecule has 116 valence electrons. The molecule has 4 heteroatoms. The minimum atomic E-state index is -0.392. The van der Waals surface area contributed by atoms with Gasteiger partial charge in [0.1, 0.15) is 0 Å². The van der Waals surface area contributed by atoms with Gasteiger partial charge in [-0.3, -0.25) is 10.0 Å². The van der Waals surface area contributed by atoms with Crippen molar-refractivity contribution in [2.75, 3.05) is 0 Å². The van der Waals surface area contributed by atoms with Crippen molar-refractivity contribution in [2.45, 2.75) is 13.0 Å². The highest BCUT2D eigenvalue weighted by atomic mass is 16.5. The summed E-state index contributed by atoms with van der Waals surface area (Å²) < 4.78 is 2.11. The topological polar surface area (TPSA) is 54.3 Å². The Balaban J connectivity index is 2.03. The zero-order valence-electron chi connectivity index (χ0n) is 12.6. The van der Waals surface area contributed by atoms with Crippen LogP contribution in [0.2, 0.25) is 0 Å². The largest absolute Gasteiger partial charge is 0.340 e. The number of aromatic nitrogens is 1. The monoisotopic (exact) mass is 306 g/mol. The molecule has 1 aromatic heterocycles. The highest BCUT2D eigenvalue weighted by Gasteiger charge is 2.12. The molecular formula is C19H18N2O2. The van der Waals surface area contributed by atoms with Crippen LogP contribution in [0.4, 0.5) is 0 Å². The van der Waals surface area contributed by atoms with E-state index < -0.39 is 5.91 Å². The third-order valence-corrected chi connectivity index (χ3v) is 3.81. The highest BCUT2D eigenvalue weighted by Crippen LogP contribution is 2.29. The second-order valence-electron chi connectivity index (χ2n) is 5.27. The van der Waals surface area contributed by atoms with Crippen LogP contribution in [0.25, 0.3) is 22.5 Å². The van der Waals surface area contributed by atoms with Crippen molar-refractivity contribution < 1.29 is 10.0 Å². The van der Waals surface area contributed by atoms with Gasteiger partial charge in [-0.1, -0.05) is 60.7 Å². The normalized spacial score (nSPS) is 10.5. The lowest BCUT2D eigenvalue weighted by molar-refractivity contribution is -0.129. The van der Waals surface area contributed by atoms with Crippen LogP contribution in [-0.2, 0) is 11.3 Å². The van der Waals surface area contributed by atoms with Crippen molar-refractivity contribution >= 4 is 5.91 Å². The van der Waals surface area contributed by atoms with Crippen LogP contribution in [0.5, 0.6) is 0 Å². The SMILES string of the molecule is O=C(CCn1c(-c2ccccc2)ccc1-c1ccccc1)NO. The number of hydroxylamine groups is 1. The molecule has 1 amide bonds. The average molecular weight is 306 g/mol. The Morgan fingerprint density at radius 2 is 1.30 bits per heavy atom. The second-order valence-corrected chi connectivity index (χ2v) is 5.27. The van der Waals surface area contributed by atoms with E-state index in [-0.39, 0.29) is 6.42 Å². The first-order valence-electron chi connectivity index (χ1n) is 7.53. The molecule has 0 fully saturated rings. The third kappa shape index (κ3) is 3.33. The summed E-state index contributed by atoms with van der Waals surface area (Å²) in [6.07, 6.45) is 0.213. The lowest BCUT2D eigenvalue weighted by Gasteiger charge is -2.13. The summed E-state index contributed by atoms with van der Waals surface area (Å²) in [6, 6.07) is 24.3. The van der Waals surface area contributed by atoms with E-state index in [9.17, 15) is 4.79 Å². The Morgan fingerprint density at radius 3 is 1.74 bits per heavy atom. The fraction of sp³-hybridized carbons (Fsp3) is 0.105. The fourth-order valence-electron chi connectivity index (χ4n) is 2.70. The second kappa shape index (κ2) is 6.94. The van der Waals surface area contributed by atoms with Crippen LogP contribution in [0.1, 0.15) is 6.42 Å². The summed E-state index contributed by atoms with van der Waals surface area (Å²) in [6.45, 7) is 0.494. The number of benzene rings is 2. The molecule has 0 radical (unpaired) electrons. The van der Waals surface area contributed by atoms with Crippen LogP contribution < -0.4 is 5.48 Å². The minimum absolute atomic E-state index is 0.213. The van der Waals surface area contributed by atoms with Crippen LogP contribution in [-0.4, -0.2) is 15.7 Å². The molecule has 0 unspecified atom stereocenters. The van der Waals surface area contributed by atoms with Crippen molar-refractivity contribution in [3.8, 4) is 22.5 Å². The zero-order valence-corrected chi connectivity index (χ0v) is 12.6. The van der Waals surface area contributed by atoms with Gasteiger partial charge in [-0.25, -0.2) is 5.48 Å². The molecule has 0 aliphatic rings. The van der Waals surface area contributed by atoms with E-state index in [1.165, 1.54) is 0 Å². The maximum atomic E-state index is 11.4. The Hall–Kier alpha value is -2.85. The molecule has 0 aliphatic heterocycles. The lowest BCUT2D eigenvalue weighted by atomic mass is 10.1. The molecule has 0 bridgehead atoms. The maximum Gasteiger partial charge on any atom is 0.245 e. The fourth-order valence-corrected chi connectivity index (χ4v) is 2.70. The first kappa shape index (κ1) is 15.1. The zero-order chi connectivity index (χ0) is 16.1. The van der Waals surface area contributed by atoms with Gasteiger partial charge < -0.3 is 4.57 Å². The summed E-state index contributed by atoms with van der Waals surface area (Å²) in [5.41, 5.74) is 5.99. The van der Waals surface area contributed by atoms with Crippen molar-refractivity contribution in [3.05, 3.63) is 72.8 Å². The molecule has 3 rings (SSSR count). The van der Waals surface area contributed by atoms with Crippen molar-refractivity contribution in [2.24, 2.45) is 0 Å². The summed E-state index contributed by atoms with van der Waals surface area (Å²) in [7, 11) is 0. The molecule has 23 heavy (non-hydrogen) atoms. The first-order chi connectivity index (χ1) is 11.3.